The van der Waals surface area contributed by atoms with Gasteiger partial charge in [0.1, 0.15) is 0 Å². The molecule has 1 aromatic heterocycles. The molecule has 0 bridgehead atoms. The maximum Gasteiger partial charge on any atom is 0.304 e. The SMILES string of the molecule is CCC(CSC)N(C)c1sc(C(C)=O)cc1[N+](=O)[O-]. The highest BCUT2D eigenvalue weighted by Gasteiger charge is 2.26. The number of rotatable bonds is 7. The zero-order valence-electron chi connectivity index (χ0n) is 11.5. The molecule has 0 aliphatic carbocycles. The molecule has 0 amide bonds. The number of Topliss-reactive ketones (excluding diaryl/α,β-unsaturated/α-hetero) is 1. The van der Waals surface area contributed by atoms with E-state index in [0.29, 0.717) is 9.88 Å². The molecule has 19 heavy (non-hydrogen) atoms. The van der Waals surface area contributed by atoms with Crippen LogP contribution in [0, 0.1) is 10.1 Å². The van der Waals surface area contributed by atoms with Crippen LogP contribution in [0.5, 0.6) is 0 Å². The van der Waals surface area contributed by atoms with E-state index in [0.717, 1.165) is 12.2 Å². The van der Waals surface area contributed by atoms with Gasteiger partial charge >= 0.3 is 5.69 Å². The van der Waals surface area contributed by atoms with E-state index in [1.165, 1.54) is 24.3 Å². The minimum atomic E-state index is -0.416. The second-order valence-corrected chi connectivity index (χ2v) is 6.18. The number of hydrogen-bond acceptors (Lipinski definition) is 6. The third-order valence-corrected chi connectivity index (χ3v) is 4.97. The van der Waals surface area contributed by atoms with Crippen LogP contribution >= 0.6 is 23.1 Å². The van der Waals surface area contributed by atoms with Crippen molar-refractivity contribution in [3.8, 4) is 0 Å². The third kappa shape index (κ3) is 3.70. The summed E-state index contributed by atoms with van der Waals surface area (Å²) in [6.07, 6.45) is 2.92. The van der Waals surface area contributed by atoms with E-state index < -0.39 is 4.92 Å². The molecule has 1 heterocycles. The van der Waals surface area contributed by atoms with Crippen LogP contribution in [0.15, 0.2) is 6.07 Å². The Morgan fingerprint density at radius 3 is 2.68 bits per heavy atom. The van der Waals surface area contributed by atoms with Gasteiger partial charge in [-0.1, -0.05) is 6.92 Å². The molecule has 0 fully saturated rings. The highest BCUT2D eigenvalue weighted by atomic mass is 32.2. The maximum absolute atomic E-state index is 11.4. The van der Waals surface area contributed by atoms with E-state index in [1.54, 1.807) is 11.8 Å². The number of hydrogen-bond donors (Lipinski definition) is 0. The summed E-state index contributed by atoms with van der Waals surface area (Å²) in [7, 11) is 1.85. The zero-order chi connectivity index (χ0) is 14.6. The zero-order valence-corrected chi connectivity index (χ0v) is 13.1. The highest BCUT2D eigenvalue weighted by molar-refractivity contribution is 7.98. The predicted octanol–water partition coefficient (Wildman–Crippen LogP) is 3.44. The molecule has 1 unspecified atom stereocenters. The highest BCUT2D eigenvalue weighted by Crippen LogP contribution is 2.38. The molecule has 1 atom stereocenters. The van der Waals surface area contributed by atoms with Crippen molar-refractivity contribution in [1.29, 1.82) is 0 Å². The second-order valence-electron chi connectivity index (χ2n) is 4.24. The predicted molar refractivity (Wildman–Crippen MR) is 81.8 cm³/mol. The number of carbonyl (C=O) groups excluding carboxylic acids is 1. The monoisotopic (exact) mass is 302 g/mol. The van der Waals surface area contributed by atoms with E-state index >= 15 is 0 Å². The lowest BCUT2D eigenvalue weighted by atomic mass is 10.2. The maximum atomic E-state index is 11.4. The van der Waals surface area contributed by atoms with Crippen molar-refractivity contribution < 1.29 is 9.72 Å². The molecule has 0 spiro atoms. The van der Waals surface area contributed by atoms with Crippen molar-refractivity contribution in [2.75, 3.05) is 24.0 Å². The number of thioether (sulfide) groups is 1. The van der Waals surface area contributed by atoms with Crippen LogP contribution < -0.4 is 4.90 Å². The fraction of sp³-hybridized carbons (Fsp3) is 0.583. The third-order valence-electron chi connectivity index (χ3n) is 2.94. The lowest BCUT2D eigenvalue weighted by Gasteiger charge is -2.26. The summed E-state index contributed by atoms with van der Waals surface area (Å²) < 4.78 is 0. The minimum absolute atomic E-state index is 0.0252. The van der Waals surface area contributed by atoms with Crippen molar-refractivity contribution in [3.05, 3.63) is 21.1 Å². The average molecular weight is 302 g/mol. The van der Waals surface area contributed by atoms with E-state index in [9.17, 15) is 14.9 Å². The largest absolute Gasteiger partial charge is 0.357 e. The van der Waals surface area contributed by atoms with Crippen molar-refractivity contribution in [3.63, 3.8) is 0 Å². The van der Waals surface area contributed by atoms with Gasteiger partial charge in [0, 0.05) is 24.9 Å². The molecule has 7 heteroatoms. The van der Waals surface area contributed by atoms with Gasteiger partial charge in [-0.15, -0.1) is 11.3 Å². The van der Waals surface area contributed by atoms with Gasteiger partial charge in [0.2, 0.25) is 0 Å². The molecule has 1 aromatic rings. The fourth-order valence-electron chi connectivity index (χ4n) is 1.79. The Balaban J connectivity index is 3.16. The summed E-state index contributed by atoms with van der Waals surface area (Å²) in [6.45, 7) is 3.49. The van der Waals surface area contributed by atoms with E-state index in [1.807, 2.05) is 18.2 Å². The molecular weight excluding hydrogens is 284 g/mol. The topological polar surface area (TPSA) is 63.5 Å². The Hall–Kier alpha value is -1.08. The summed E-state index contributed by atoms with van der Waals surface area (Å²) in [6, 6.07) is 1.61. The summed E-state index contributed by atoms with van der Waals surface area (Å²) in [5, 5.41) is 11.7. The summed E-state index contributed by atoms with van der Waals surface area (Å²) >= 11 is 2.91. The number of nitro groups is 1. The van der Waals surface area contributed by atoms with E-state index in [-0.39, 0.29) is 17.5 Å². The molecule has 0 aliphatic rings. The Labute approximate surface area is 121 Å². The molecule has 106 valence electrons. The van der Waals surface area contributed by atoms with Crippen LogP contribution in [0.4, 0.5) is 10.7 Å². The van der Waals surface area contributed by atoms with Crippen molar-refractivity contribution in [2.45, 2.75) is 26.3 Å². The van der Waals surface area contributed by atoms with Gasteiger partial charge in [-0.25, -0.2) is 0 Å². The molecule has 5 nitrogen and oxygen atoms in total. The molecule has 0 aromatic carbocycles. The van der Waals surface area contributed by atoms with Gasteiger partial charge in [-0.2, -0.15) is 11.8 Å². The quantitative estimate of drug-likeness (QED) is 0.438. The van der Waals surface area contributed by atoms with Crippen LogP contribution in [-0.2, 0) is 0 Å². The average Bonchev–Trinajstić information content (AvgIpc) is 2.80. The first-order valence-corrected chi connectivity index (χ1v) is 8.14. The Kier molecular flexibility index (Phi) is 5.81. The summed E-state index contributed by atoms with van der Waals surface area (Å²) in [5.74, 6) is 0.767. The first kappa shape index (κ1) is 16.0. The number of nitrogens with zero attached hydrogens (tertiary/aromatic N) is 2. The molecule has 0 saturated heterocycles. The Morgan fingerprint density at radius 1 is 1.63 bits per heavy atom. The van der Waals surface area contributed by atoms with Crippen LogP contribution in [0.3, 0.4) is 0 Å². The Morgan fingerprint density at radius 2 is 2.26 bits per heavy atom. The normalized spacial score (nSPS) is 12.2. The van der Waals surface area contributed by atoms with Crippen molar-refractivity contribution in [2.24, 2.45) is 0 Å². The lowest BCUT2D eigenvalue weighted by Crippen LogP contribution is -2.32. The summed E-state index contributed by atoms with van der Waals surface area (Å²) in [4.78, 5) is 24.4. The van der Waals surface area contributed by atoms with E-state index in [2.05, 4.69) is 6.92 Å². The van der Waals surface area contributed by atoms with Gasteiger partial charge in [0.25, 0.3) is 0 Å². The number of carbonyl (C=O) groups is 1. The van der Waals surface area contributed by atoms with Crippen LogP contribution in [0.1, 0.15) is 29.9 Å². The smallest absolute Gasteiger partial charge is 0.304 e. The lowest BCUT2D eigenvalue weighted by molar-refractivity contribution is -0.383. The van der Waals surface area contributed by atoms with Crippen molar-refractivity contribution >= 4 is 39.6 Å². The molecule has 0 N–H and O–H groups in total. The van der Waals surface area contributed by atoms with Gasteiger partial charge < -0.3 is 4.90 Å². The minimum Gasteiger partial charge on any atom is -0.357 e. The molecule has 0 aliphatic heterocycles. The Bertz CT molecular complexity index is 474. The van der Waals surface area contributed by atoms with Gasteiger partial charge in [-0.3, -0.25) is 14.9 Å². The number of thiophene rings is 1. The summed E-state index contributed by atoms with van der Waals surface area (Å²) in [5.41, 5.74) is 0.0252. The van der Waals surface area contributed by atoms with Crippen molar-refractivity contribution in [1.82, 2.24) is 0 Å². The van der Waals surface area contributed by atoms with E-state index in [4.69, 9.17) is 0 Å². The molecule has 0 saturated carbocycles. The number of ketones is 1. The van der Waals surface area contributed by atoms with Gasteiger partial charge in [0.15, 0.2) is 10.8 Å². The van der Waals surface area contributed by atoms with Crippen LogP contribution in [0.2, 0.25) is 0 Å². The molecule has 0 radical (unpaired) electrons. The van der Waals surface area contributed by atoms with Crippen LogP contribution in [-0.4, -0.2) is 35.8 Å². The molecular formula is C12H18N2O3S2. The van der Waals surface area contributed by atoms with Crippen LogP contribution in [0.25, 0.3) is 0 Å². The van der Waals surface area contributed by atoms with Gasteiger partial charge in [-0.05, 0) is 19.6 Å². The second kappa shape index (κ2) is 6.91. The standard InChI is InChI=1S/C12H18N2O3S2/c1-5-9(7-18-4)13(3)12-10(14(16)17)6-11(19-12)8(2)15/h6,9H,5,7H2,1-4H3. The first-order chi connectivity index (χ1) is 8.92. The van der Waals surface area contributed by atoms with Gasteiger partial charge in [0.05, 0.1) is 9.80 Å². The fourth-order valence-corrected chi connectivity index (χ4v) is 3.69. The number of anilines is 1. The first-order valence-electron chi connectivity index (χ1n) is 5.93. The molecule has 1 rings (SSSR count).